The third kappa shape index (κ3) is 5.14. The zero-order valence-electron chi connectivity index (χ0n) is 18.9. The van der Waals surface area contributed by atoms with Gasteiger partial charge in [-0.2, -0.15) is 0 Å². The van der Waals surface area contributed by atoms with E-state index in [2.05, 4.69) is 57.5 Å². The Morgan fingerprint density at radius 2 is 1.82 bits per heavy atom. The number of rotatable bonds is 10. The van der Waals surface area contributed by atoms with Crippen molar-refractivity contribution in [3.05, 3.63) is 96.1 Å². The summed E-state index contributed by atoms with van der Waals surface area (Å²) < 4.78 is 4.20. The second-order valence-electron chi connectivity index (χ2n) is 7.83. The minimum atomic E-state index is 0.0951. The summed E-state index contributed by atoms with van der Waals surface area (Å²) in [4.78, 5) is 17.2. The maximum absolute atomic E-state index is 13.1. The molecular formula is C26H27N5OS. The van der Waals surface area contributed by atoms with E-state index in [0.29, 0.717) is 17.5 Å². The van der Waals surface area contributed by atoms with Gasteiger partial charge in [-0.3, -0.25) is 14.3 Å². The minimum Gasteiger partial charge on any atom is -0.348 e. The number of aryl methyl sites for hydroxylation is 2. The summed E-state index contributed by atoms with van der Waals surface area (Å²) in [5.74, 6) is 1.14. The Balaban J connectivity index is 1.47. The van der Waals surface area contributed by atoms with Crippen LogP contribution in [0.1, 0.15) is 27.3 Å². The zero-order valence-corrected chi connectivity index (χ0v) is 19.8. The summed E-state index contributed by atoms with van der Waals surface area (Å²) in [7, 11) is 0. The van der Waals surface area contributed by atoms with Crippen LogP contribution in [0.15, 0.2) is 78.7 Å². The molecule has 1 aromatic carbocycles. The third-order valence-electron chi connectivity index (χ3n) is 5.64. The van der Waals surface area contributed by atoms with Crippen LogP contribution in [0.5, 0.6) is 0 Å². The predicted octanol–water partition coefficient (Wildman–Crippen LogP) is 5.16. The van der Waals surface area contributed by atoms with Gasteiger partial charge in [0.25, 0.3) is 0 Å². The van der Waals surface area contributed by atoms with E-state index in [1.807, 2.05) is 35.8 Å². The smallest absolute Gasteiger partial charge is 0.192 e. The molecule has 4 rings (SSSR count). The molecule has 0 saturated carbocycles. The van der Waals surface area contributed by atoms with Gasteiger partial charge in [-0.25, -0.2) is 0 Å². The highest BCUT2D eigenvalue weighted by molar-refractivity contribution is 7.99. The number of aromatic nitrogens is 5. The number of Topliss-reactive ketones (excluding diaryl/α,β-unsaturated/α-hetero) is 1. The van der Waals surface area contributed by atoms with E-state index in [4.69, 9.17) is 0 Å². The molecule has 3 heterocycles. The van der Waals surface area contributed by atoms with Crippen molar-refractivity contribution in [2.24, 2.45) is 0 Å². The largest absolute Gasteiger partial charge is 0.348 e. The molecule has 33 heavy (non-hydrogen) atoms. The predicted molar refractivity (Wildman–Crippen MR) is 133 cm³/mol. The number of nitrogens with zero attached hydrogens (tertiary/aromatic N) is 5. The first-order chi connectivity index (χ1) is 16.1. The first kappa shape index (κ1) is 22.7. The molecule has 0 atom stereocenters. The Kier molecular flexibility index (Phi) is 7.19. The number of ketones is 1. The highest BCUT2D eigenvalue weighted by atomic mass is 32.2. The van der Waals surface area contributed by atoms with Gasteiger partial charge in [-0.1, -0.05) is 48.2 Å². The standard InChI is InChI=1S/C26H27N5OS/c1-4-15-31-25(22-10-13-27-14-11-22)28-29-26(31)33-18-24(32)23-17-19(2)30(20(23)3)16-12-21-8-6-5-7-9-21/h4-11,13-14,17H,1,12,15-16,18H2,2-3H3. The quantitative estimate of drug-likeness (QED) is 0.187. The number of thioether (sulfide) groups is 1. The second-order valence-corrected chi connectivity index (χ2v) is 8.77. The molecule has 0 aliphatic heterocycles. The van der Waals surface area contributed by atoms with E-state index in [1.54, 1.807) is 18.5 Å². The Morgan fingerprint density at radius 1 is 1.06 bits per heavy atom. The third-order valence-corrected chi connectivity index (χ3v) is 6.61. The van der Waals surface area contributed by atoms with Crippen molar-refractivity contribution in [1.82, 2.24) is 24.3 Å². The van der Waals surface area contributed by atoms with Gasteiger partial charge in [-0.05, 0) is 44.0 Å². The molecule has 0 aliphatic rings. The van der Waals surface area contributed by atoms with E-state index in [0.717, 1.165) is 41.3 Å². The summed E-state index contributed by atoms with van der Waals surface area (Å²) >= 11 is 1.41. The van der Waals surface area contributed by atoms with E-state index in [9.17, 15) is 4.79 Å². The summed E-state index contributed by atoms with van der Waals surface area (Å²) in [6, 6.07) is 16.2. The lowest BCUT2D eigenvalue weighted by Crippen LogP contribution is -2.09. The maximum Gasteiger partial charge on any atom is 0.192 e. The van der Waals surface area contributed by atoms with Gasteiger partial charge in [-0.15, -0.1) is 16.8 Å². The van der Waals surface area contributed by atoms with Crippen molar-refractivity contribution < 1.29 is 4.79 Å². The molecule has 0 N–H and O–H groups in total. The summed E-state index contributed by atoms with van der Waals surface area (Å²) in [5.41, 5.74) is 5.11. The molecule has 3 aromatic heterocycles. The van der Waals surface area contributed by atoms with Crippen molar-refractivity contribution >= 4 is 17.5 Å². The number of pyridine rings is 1. The van der Waals surface area contributed by atoms with Crippen LogP contribution in [-0.4, -0.2) is 35.9 Å². The molecule has 7 heteroatoms. The first-order valence-electron chi connectivity index (χ1n) is 10.9. The van der Waals surface area contributed by atoms with Crippen LogP contribution < -0.4 is 0 Å². The fraction of sp³-hybridized carbons (Fsp3) is 0.231. The second kappa shape index (κ2) is 10.4. The van der Waals surface area contributed by atoms with Crippen molar-refractivity contribution in [3.8, 4) is 11.4 Å². The van der Waals surface area contributed by atoms with Gasteiger partial charge in [0.05, 0.1) is 5.75 Å². The summed E-state index contributed by atoms with van der Waals surface area (Å²) in [6.45, 7) is 9.35. The van der Waals surface area contributed by atoms with E-state index in [-0.39, 0.29) is 5.78 Å². The number of hydrogen-bond acceptors (Lipinski definition) is 5. The number of carbonyl (C=O) groups excluding carboxylic acids is 1. The number of carbonyl (C=O) groups is 1. The van der Waals surface area contributed by atoms with Gasteiger partial charge in [0.1, 0.15) is 0 Å². The Bertz CT molecular complexity index is 1240. The van der Waals surface area contributed by atoms with Crippen LogP contribution in [0.25, 0.3) is 11.4 Å². The van der Waals surface area contributed by atoms with Crippen molar-refractivity contribution in [1.29, 1.82) is 0 Å². The van der Waals surface area contributed by atoms with Crippen LogP contribution in [0.2, 0.25) is 0 Å². The van der Waals surface area contributed by atoms with Gasteiger partial charge in [0.15, 0.2) is 16.8 Å². The topological polar surface area (TPSA) is 65.6 Å². The lowest BCUT2D eigenvalue weighted by atomic mass is 10.1. The molecule has 0 saturated heterocycles. The fourth-order valence-electron chi connectivity index (χ4n) is 3.92. The number of benzene rings is 1. The Labute approximate surface area is 198 Å². The van der Waals surface area contributed by atoms with E-state index < -0.39 is 0 Å². The first-order valence-corrected chi connectivity index (χ1v) is 11.9. The van der Waals surface area contributed by atoms with Gasteiger partial charge in [0, 0.05) is 48.0 Å². The minimum absolute atomic E-state index is 0.0951. The van der Waals surface area contributed by atoms with Crippen molar-refractivity contribution in [3.63, 3.8) is 0 Å². The number of allylic oxidation sites excluding steroid dienone is 1. The molecule has 0 radical (unpaired) electrons. The zero-order chi connectivity index (χ0) is 23.2. The molecule has 0 amide bonds. The monoisotopic (exact) mass is 457 g/mol. The van der Waals surface area contributed by atoms with Crippen LogP contribution >= 0.6 is 11.8 Å². The molecular weight excluding hydrogens is 430 g/mol. The highest BCUT2D eigenvalue weighted by Crippen LogP contribution is 2.25. The van der Waals surface area contributed by atoms with E-state index in [1.165, 1.54) is 17.3 Å². The van der Waals surface area contributed by atoms with Crippen LogP contribution in [0.4, 0.5) is 0 Å². The van der Waals surface area contributed by atoms with Gasteiger partial charge < -0.3 is 4.57 Å². The highest BCUT2D eigenvalue weighted by Gasteiger charge is 2.19. The van der Waals surface area contributed by atoms with Crippen molar-refractivity contribution in [2.75, 3.05) is 5.75 Å². The molecule has 4 aromatic rings. The van der Waals surface area contributed by atoms with Crippen LogP contribution in [0.3, 0.4) is 0 Å². The van der Waals surface area contributed by atoms with Crippen molar-refractivity contribution in [2.45, 2.75) is 38.5 Å². The van der Waals surface area contributed by atoms with Crippen LogP contribution in [0, 0.1) is 13.8 Å². The number of hydrogen-bond donors (Lipinski definition) is 0. The molecule has 168 valence electrons. The SMILES string of the molecule is C=CCn1c(SCC(=O)c2cc(C)n(CCc3ccccc3)c2C)nnc1-c1ccncc1. The fourth-order valence-corrected chi connectivity index (χ4v) is 4.76. The lowest BCUT2D eigenvalue weighted by Gasteiger charge is -2.10. The summed E-state index contributed by atoms with van der Waals surface area (Å²) in [6.07, 6.45) is 6.20. The molecule has 6 nitrogen and oxygen atoms in total. The van der Waals surface area contributed by atoms with Gasteiger partial charge in [0.2, 0.25) is 0 Å². The molecule has 0 fully saturated rings. The molecule has 0 aliphatic carbocycles. The molecule has 0 unspecified atom stereocenters. The average molecular weight is 458 g/mol. The average Bonchev–Trinajstić information content (AvgIpc) is 3.37. The maximum atomic E-state index is 13.1. The van der Waals surface area contributed by atoms with Gasteiger partial charge >= 0.3 is 0 Å². The van der Waals surface area contributed by atoms with E-state index >= 15 is 0 Å². The Morgan fingerprint density at radius 3 is 2.55 bits per heavy atom. The Hall–Kier alpha value is -3.45. The lowest BCUT2D eigenvalue weighted by molar-refractivity contribution is 0.102. The normalized spacial score (nSPS) is 11.0. The summed E-state index contributed by atoms with van der Waals surface area (Å²) in [5, 5.41) is 9.38. The van der Waals surface area contributed by atoms with Crippen LogP contribution in [-0.2, 0) is 19.5 Å². The molecule has 0 bridgehead atoms. The molecule has 0 spiro atoms.